The summed E-state index contributed by atoms with van der Waals surface area (Å²) in [7, 11) is 1.64. The normalized spacial score (nSPS) is 15.1. The SMILES string of the molecule is COc1ccc(C(CNC(=O)c2ccc(-c3ccco3)[nH]c2=O)N2CCCC2)cc1. The molecule has 2 aromatic heterocycles. The van der Waals surface area contributed by atoms with Crippen LogP contribution in [0.1, 0.15) is 34.8 Å². The molecule has 2 N–H and O–H groups in total. The van der Waals surface area contributed by atoms with Gasteiger partial charge in [0.2, 0.25) is 0 Å². The van der Waals surface area contributed by atoms with Gasteiger partial charge in [0.1, 0.15) is 17.1 Å². The van der Waals surface area contributed by atoms with Crippen LogP contribution in [0.15, 0.2) is 64.0 Å². The summed E-state index contributed by atoms with van der Waals surface area (Å²) < 4.78 is 10.5. The lowest BCUT2D eigenvalue weighted by Crippen LogP contribution is -2.38. The maximum Gasteiger partial charge on any atom is 0.261 e. The van der Waals surface area contributed by atoms with E-state index in [9.17, 15) is 9.59 Å². The van der Waals surface area contributed by atoms with Gasteiger partial charge in [-0.15, -0.1) is 0 Å². The average Bonchev–Trinajstić information content (AvgIpc) is 3.49. The number of pyridine rings is 1. The molecule has 0 aliphatic carbocycles. The highest BCUT2D eigenvalue weighted by Gasteiger charge is 2.24. The summed E-state index contributed by atoms with van der Waals surface area (Å²) in [5.41, 5.74) is 1.29. The number of nitrogens with one attached hydrogen (secondary N) is 2. The first kappa shape index (κ1) is 20.0. The Hall–Kier alpha value is -3.32. The Bertz CT molecular complexity index is 1040. The minimum absolute atomic E-state index is 0.0452. The molecule has 7 heteroatoms. The van der Waals surface area contributed by atoms with Crippen molar-refractivity contribution in [3.63, 3.8) is 0 Å². The fourth-order valence-electron chi connectivity index (χ4n) is 3.85. The van der Waals surface area contributed by atoms with Crippen molar-refractivity contribution >= 4 is 5.91 Å². The third-order valence-electron chi connectivity index (χ3n) is 5.48. The lowest BCUT2D eigenvalue weighted by atomic mass is 10.0. The third-order valence-corrected chi connectivity index (χ3v) is 5.48. The van der Waals surface area contributed by atoms with Crippen LogP contribution < -0.4 is 15.6 Å². The first-order valence-electron chi connectivity index (χ1n) is 10.1. The Morgan fingerprint density at radius 3 is 2.57 bits per heavy atom. The molecule has 156 valence electrons. The van der Waals surface area contributed by atoms with Crippen LogP contribution in [-0.2, 0) is 0 Å². The van der Waals surface area contributed by atoms with Crippen molar-refractivity contribution in [3.8, 4) is 17.2 Å². The fourth-order valence-corrected chi connectivity index (χ4v) is 3.85. The monoisotopic (exact) mass is 407 g/mol. The van der Waals surface area contributed by atoms with Crippen molar-refractivity contribution in [2.75, 3.05) is 26.7 Å². The molecule has 1 amide bonds. The van der Waals surface area contributed by atoms with Gasteiger partial charge in [-0.05, 0) is 67.9 Å². The Labute approximate surface area is 174 Å². The van der Waals surface area contributed by atoms with Crippen LogP contribution in [0.3, 0.4) is 0 Å². The second-order valence-corrected chi connectivity index (χ2v) is 7.33. The molecule has 3 aromatic rings. The van der Waals surface area contributed by atoms with Crippen LogP contribution in [0.25, 0.3) is 11.5 Å². The number of furan rings is 1. The lowest BCUT2D eigenvalue weighted by Gasteiger charge is -2.28. The number of aromatic nitrogens is 1. The zero-order chi connectivity index (χ0) is 20.9. The summed E-state index contributed by atoms with van der Waals surface area (Å²) in [6.07, 6.45) is 3.83. The van der Waals surface area contributed by atoms with Crippen LogP contribution in [0.2, 0.25) is 0 Å². The summed E-state index contributed by atoms with van der Waals surface area (Å²) in [5, 5.41) is 2.94. The molecule has 0 radical (unpaired) electrons. The Kier molecular flexibility index (Phi) is 5.99. The molecule has 7 nitrogen and oxygen atoms in total. The summed E-state index contributed by atoms with van der Waals surface area (Å²) >= 11 is 0. The average molecular weight is 407 g/mol. The molecule has 4 rings (SSSR count). The van der Waals surface area contributed by atoms with E-state index in [2.05, 4.69) is 15.2 Å². The Morgan fingerprint density at radius 2 is 1.93 bits per heavy atom. The van der Waals surface area contributed by atoms with E-state index < -0.39 is 5.56 Å². The lowest BCUT2D eigenvalue weighted by molar-refractivity contribution is 0.0936. The highest BCUT2D eigenvalue weighted by molar-refractivity contribution is 5.94. The molecule has 1 atom stereocenters. The van der Waals surface area contributed by atoms with Crippen molar-refractivity contribution in [1.82, 2.24) is 15.2 Å². The van der Waals surface area contributed by atoms with Crippen molar-refractivity contribution in [2.24, 2.45) is 0 Å². The number of likely N-dealkylation sites (tertiary alicyclic amines) is 1. The molecule has 1 aliphatic heterocycles. The minimum atomic E-state index is -0.441. The number of hydrogen-bond acceptors (Lipinski definition) is 5. The van der Waals surface area contributed by atoms with Gasteiger partial charge < -0.3 is 19.5 Å². The Balaban J connectivity index is 1.49. The van der Waals surface area contributed by atoms with Gasteiger partial charge in [-0.2, -0.15) is 0 Å². The molecule has 3 heterocycles. The third kappa shape index (κ3) is 4.31. The Morgan fingerprint density at radius 1 is 1.17 bits per heavy atom. The summed E-state index contributed by atoms with van der Waals surface area (Å²) in [6.45, 7) is 2.40. The topological polar surface area (TPSA) is 87.6 Å². The molecule has 0 spiro atoms. The molecule has 0 bridgehead atoms. The van der Waals surface area contributed by atoms with Gasteiger partial charge in [-0.1, -0.05) is 12.1 Å². The number of methoxy groups -OCH3 is 1. The number of carbonyl (C=O) groups excluding carboxylic acids is 1. The molecule has 1 fully saturated rings. The van der Waals surface area contributed by atoms with Crippen LogP contribution in [0, 0.1) is 0 Å². The number of aromatic amines is 1. The van der Waals surface area contributed by atoms with E-state index in [1.54, 1.807) is 25.3 Å². The van der Waals surface area contributed by atoms with Gasteiger partial charge in [0.15, 0.2) is 0 Å². The van der Waals surface area contributed by atoms with Crippen molar-refractivity contribution in [1.29, 1.82) is 0 Å². The van der Waals surface area contributed by atoms with Gasteiger partial charge in [0.25, 0.3) is 11.5 Å². The number of rotatable bonds is 7. The summed E-state index contributed by atoms with van der Waals surface area (Å²) in [4.78, 5) is 30.2. The minimum Gasteiger partial charge on any atom is -0.497 e. The number of benzene rings is 1. The van der Waals surface area contributed by atoms with Crippen LogP contribution >= 0.6 is 0 Å². The highest BCUT2D eigenvalue weighted by Crippen LogP contribution is 2.26. The first-order chi connectivity index (χ1) is 14.7. The maximum atomic E-state index is 12.7. The predicted molar refractivity (Wildman–Crippen MR) is 114 cm³/mol. The number of nitrogens with zero attached hydrogens (tertiary/aromatic N) is 1. The molecule has 1 unspecified atom stereocenters. The van der Waals surface area contributed by atoms with Gasteiger partial charge in [0.05, 0.1) is 25.1 Å². The van der Waals surface area contributed by atoms with E-state index >= 15 is 0 Å². The number of amides is 1. The maximum absolute atomic E-state index is 12.7. The molecule has 0 saturated carbocycles. The van der Waals surface area contributed by atoms with E-state index in [4.69, 9.17) is 9.15 Å². The van der Waals surface area contributed by atoms with E-state index in [1.807, 2.05) is 24.3 Å². The van der Waals surface area contributed by atoms with Gasteiger partial charge in [0, 0.05) is 6.54 Å². The zero-order valence-corrected chi connectivity index (χ0v) is 16.9. The van der Waals surface area contributed by atoms with Gasteiger partial charge in [-0.3, -0.25) is 14.5 Å². The molecule has 1 aliphatic rings. The van der Waals surface area contributed by atoms with Crippen molar-refractivity contribution < 1.29 is 13.9 Å². The smallest absolute Gasteiger partial charge is 0.261 e. The van der Waals surface area contributed by atoms with Crippen LogP contribution in [-0.4, -0.2) is 42.5 Å². The van der Waals surface area contributed by atoms with E-state index in [-0.39, 0.29) is 17.5 Å². The molecular formula is C23H25N3O4. The molecular weight excluding hydrogens is 382 g/mol. The number of hydrogen-bond donors (Lipinski definition) is 2. The summed E-state index contributed by atoms with van der Waals surface area (Å²) in [6, 6.07) is 14.7. The molecule has 1 saturated heterocycles. The summed E-state index contributed by atoms with van der Waals surface area (Å²) in [5.74, 6) is 0.957. The van der Waals surface area contributed by atoms with E-state index in [0.29, 0.717) is 18.0 Å². The standard InChI is InChI=1S/C23H25N3O4/c1-29-17-8-6-16(7-9-17)20(26-12-2-3-13-26)15-24-22(27)18-10-11-19(25-23(18)28)21-5-4-14-30-21/h4-11,14,20H,2-3,12-13,15H2,1H3,(H,24,27)(H,25,28). The second-order valence-electron chi connectivity index (χ2n) is 7.33. The quantitative estimate of drug-likeness (QED) is 0.628. The number of carbonyl (C=O) groups is 1. The highest BCUT2D eigenvalue weighted by atomic mass is 16.5. The van der Waals surface area contributed by atoms with Crippen LogP contribution in [0.4, 0.5) is 0 Å². The van der Waals surface area contributed by atoms with Crippen molar-refractivity contribution in [2.45, 2.75) is 18.9 Å². The largest absolute Gasteiger partial charge is 0.497 e. The number of H-pyrrole nitrogens is 1. The van der Waals surface area contributed by atoms with E-state index in [1.165, 1.54) is 12.3 Å². The van der Waals surface area contributed by atoms with Crippen molar-refractivity contribution in [3.05, 3.63) is 76.3 Å². The van der Waals surface area contributed by atoms with Gasteiger partial charge in [-0.25, -0.2) is 0 Å². The fraction of sp³-hybridized carbons (Fsp3) is 0.304. The van der Waals surface area contributed by atoms with E-state index in [0.717, 1.165) is 37.2 Å². The van der Waals surface area contributed by atoms with Gasteiger partial charge >= 0.3 is 0 Å². The molecule has 1 aromatic carbocycles. The zero-order valence-electron chi connectivity index (χ0n) is 16.9. The first-order valence-corrected chi connectivity index (χ1v) is 10.1. The molecule has 30 heavy (non-hydrogen) atoms. The van der Waals surface area contributed by atoms with Crippen LogP contribution in [0.5, 0.6) is 5.75 Å². The second kappa shape index (κ2) is 9.00. The number of ether oxygens (including phenoxy) is 1. The predicted octanol–water partition coefficient (Wildman–Crippen LogP) is 3.21.